The first-order valence-electron chi connectivity index (χ1n) is 6.39. The van der Waals surface area contributed by atoms with E-state index in [1.807, 2.05) is 13.8 Å². The van der Waals surface area contributed by atoms with E-state index < -0.39 is 0 Å². The zero-order chi connectivity index (χ0) is 11.8. The monoisotopic (exact) mass is 223 g/mol. The lowest BCUT2D eigenvalue weighted by atomic mass is 9.67. The van der Waals surface area contributed by atoms with Gasteiger partial charge in [-0.2, -0.15) is 0 Å². The number of imide groups is 1. The van der Waals surface area contributed by atoms with Crippen molar-refractivity contribution >= 4 is 11.8 Å². The van der Waals surface area contributed by atoms with Crippen molar-refractivity contribution < 1.29 is 9.59 Å². The predicted molar refractivity (Wildman–Crippen MR) is 61.7 cm³/mol. The van der Waals surface area contributed by atoms with Crippen LogP contribution < -0.4 is 0 Å². The molecule has 2 amide bonds. The third-order valence-electron chi connectivity index (χ3n) is 4.02. The van der Waals surface area contributed by atoms with Gasteiger partial charge in [0.15, 0.2) is 0 Å². The maximum atomic E-state index is 12.0. The van der Waals surface area contributed by atoms with E-state index in [0.29, 0.717) is 12.8 Å². The largest absolute Gasteiger partial charge is 0.280 e. The van der Waals surface area contributed by atoms with Crippen molar-refractivity contribution in [2.45, 2.75) is 64.8 Å². The van der Waals surface area contributed by atoms with Gasteiger partial charge in [-0.15, -0.1) is 0 Å². The molecule has 90 valence electrons. The Balaban J connectivity index is 2.13. The van der Waals surface area contributed by atoms with Gasteiger partial charge in [0.25, 0.3) is 0 Å². The van der Waals surface area contributed by atoms with E-state index >= 15 is 0 Å². The zero-order valence-corrected chi connectivity index (χ0v) is 10.3. The fraction of sp³-hybridized carbons (Fsp3) is 0.846. The Morgan fingerprint density at radius 3 is 1.94 bits per heavy atom. The van der Waals surface area contributed by atoms with Crippen LogP contribution in [-0.2, 0) is 9.59 Å². The molecule has 1 heterocycles. The third kappa shape index (κ3) is 2.00. The van der Waals surface area contributed by atoms with Gasteiger partial charge in [-0.05, 0) is 32.1 Å². The van der Waals surface area contributed by atoms with E-state index in [1.54, 1.807) is 0 Å². The summed E-state index contributed by atoms with van der Waals surface area (Å²) >= 11 is 0. The van der Waals surface area contributed by atoms with Crippen LogP contribution in [0.2, 0.25) is 0 Å². The van der Waals surface area contributed by atoms with Crippen molar-refractivity contribution in [2.24, 2.45) is 5.41 Å². The predicted octanol–water partition coefficient (Wildman–Crippen LogP) is 2.49. The van der Waals surface area contributed by atoms with Crippen LogP contribution in [0.5, 0.6) is 0 Å². The van der Waals surface area contributed by atoms with E-state index in [0.717, 1.165) is 12.8 Å². The zero-order valence-electron chi connectivity index (χ0n) is 10.3. The summed E-state index contributed by atoms with van der Waals surface area (Å²) in [5, 5.41) is 0. The van der Waals surface area contributed by atoms with Crippen LogP contribution in [0.1, 0.15) is 58.8 Å². The first-order chi connectivity index (χ1) is 7.54. The van der Waals surface area contributed by atoms with Gasteiger partial charge in [-0.3, -0.25) is 14.5 Å². The Bertz CT molecular complexity index is 283. The lowest BCUT2D eigenvalue weighted by Crippen LogP contribution is -2.51. The van der Waals surface area contributed by atoms with Crippen LogP contribution >= 0.6 is 0 Å². The fourth-order valence-corrected chi connectivity index (χ4v) is 3.24. The molecule has 1 saturated heterocycles. The molecule has 2 fully saturated rings. The second-order valence-corrected chi connectivity index (χ2v) is 5.67. The number of hydrogen-bond donors (Lipinski definition) is 0. The lowest BCUT2D eigenvalue weighted by molar-refractivity contribution is -0.156. The highest BCUT2D eigenvalue weighted by Crippen LogP contribution is 2.45. The highest BCUT2D eigenvalue weighted by atomic mass is 16.2. The molecule has 0 aromatic heterocycles. The second kappa shape index (κ2) is 4.19. The van der Waals surface area contributed by atoms with Crippen LogP contribution in [0.15, 0.2) is 0 Å². The first kappa shape index (κ1) is 11.6. The average Bonchev–Trinajstić information content (AvgIpc) is 2.16. The second-order valence-electron chi connectivity index (χ2n) is 5.67. The number of amides is 2. The molecule has 0 bridgehead atoms. The summed E-state index contributed by atoms with van der Waals surface area (Å²) in [6.45, 7) is 3.82. The number of carbonyl (C=O) groups is 2. The van der Waals surface area contributed by atoms with Crippen LogP contribution in [0, 0.1) is 5.41 Å². The molecule has 16 heavy (non-hydrogen) atoms. The molecule has 0 unspecified atom stereocenters. The van der Waals surface area contributed by atoms with E-state index in [9.17, 15) is 9.59 Å². The van der Waals surface area contributed by atoms with Crippen LogP contribution in [0.4, 0.5) is 0 Å². The molecular formula is C13H21NO2. The molecule has 0 atom stereocenters. The molecular weight excluding hydrogens is 202 g/mol. The van der Waals surface area contributed by atoms with E-state index in [-0.39, 0.29) is 23.3 Å². The Morgan fingerprint density at radius 2 is 1.50 bits per heavy atom. The summed E-state index contributed by atoms with van der Waals surface area (Å²) in [6.07, 6.45) is 6.95. The van der Waals surface area contributed by atoms with E-state index in [1.165, 1.54) is 24.2 Å². The van der Waals surface area contributed by atoms with Crippen LogP contribution in [-0.4, -0.2) is 22.8 Å². The van der Waals surface area contributed by atoms with Gasteiger partial charge in [0.2, 0.25) is 11.8 Å². The molecule has 3 nitrogen and oxygen atoms in total. The van der Waals surface area contributed by atoms with Crippen molar-refractivity contribution in [1.29, 1.82) is 0 Å². The van der Waals surface area contributed by atoms with E-state index in [2.05, 4.69) is 0 Å². The van der Waals surface area contributed by atoms with Crippen LogP contribution in [0.3, 0.4) is 0 Å². The van der Waals surface area contributed by atoms with Gasteiger partial charge in [0.05, 0.1) is 0 Å². The molecule has 1 aliphatic carbocycles. The normalized spacial score (nSPS) is 25.6. The number of rotatable bonds is 1. The maximum Gasteiger partial charge on any atom is 0.229 e. The molecule has 0 N–H and O–H groups in total. The van der Waals surface area contributed by atoms with Gasteiger partial charge in [-0.25, -0.2) is 0 Å². The molecule has 0 aromatic rings. The Kier molecular flexibility index (Phi) is 3.04. The average molecular weight is 223 g/mol. The quantitative estimate of drug-likeness (QED) is 0.640. The highest BCUT2D eigenvalue weighted by molar-refractivity contribution is 5.98. The molecule has 1 saturated carbocycles. The smallest absolute Gasteiger partial charge is 0.229 e. The Hall–Kier alpha value is -0.860. The summed E-state index contributed by atoms with van der Waals surface area (Å²) in [6, 6.07) is 0.0148. The van der Waals surface area contributed by atoms with Gasteiger partial charge in [-0.1, -0.05) is 19.3 Å². The standard InChI is InChI=1S/C13H21NO2/c1-10(2)14-11(15)8-13(9-12(14)16)6-4-3-5-7-13/h10H,3-9H2,1-2H3. The summed E-state index contributed by atoms with van der Waals surface area (Å²) in [7, 11) is 0. The summed E-state index contributed by atoms with van der Waals surface area (Å²) in [5.74, 6) is 0.0984. The van der Waals surface area contributed by atoms with Crippen molar-refractivity contribution in [1.82, 2.24) is 4.90 Å². The summed E-state index contributed by atoms with van der Waals surface area (Å²) in [5.41, 5.74) is 0.0256. The minimum atomic E-state index is 0.0148. The van der Waals surface area contributed by atoms with Gasteiger partial charge >= 0.3 is 0 Å². The van der Waals surface area contributed by atoms with Gasteiger partial charge in [0, 0.05) is 18.9 Å². The lowest BCUT2D eigenvalue weighted by Gasteiger charge is -2.43. The highest BCUT2D eigenvalue weighted by Gasteiger charge is 2.44. The van der Waals surface area contributed by atoms with Gasteiger partial charge in [0.1, 0.15) is 0 Å². The Morgan fingerprint density at radius 1 is 1.00 bits per heavy atom. The van der Waals surface area contributed by atoms with Crippen molar-refractivity contribution in [3.05, 3.63) is 0 Å². The van der Waals surface area contributed by atoms with Gasteiger partial charge < -0.3 is 0 Å². The maximum absolute atomic E-state index is 12.0. The summed E-state index contributed by atoms with van der Waals surface area (Å²) < 4.78 is 0. The van der Waals surface area contributed by atoms with E-state index in [4.69, 9.17) is 0 Å². The van der Waals surface area contributed by atoms with Crippen molar-refractivity contribution in [2.75, 3.05) is 0 Å². The molecule has 1 spiro atoms. The molecule has 0 aromatic carbocycles. The molecule has 0 radical (unpaired) electrons. The molecule has 3 heteroatoms. The Labute approximate surface area is 97.2 Å². The number of nitrogens with zero attached hydrogens (tertiary/aromatic N) is 1. The molecule has 2 rings (SSSR count). The number of hydrogen-bond acceptors (Lipinski definition) is 2. The topological polar surface area (TPSA) is 37.4 Å². The van der Waals surface area contributed by atoms with Crippen LogP contribution in [0.25, 0.3) is 0 Å². The third-order valence-corrected chi connectivity index (χ3v) is 4.02. The number of piperidine rings is 1. The first-order valence-corrected chi connectivity index (χ1v) is 6.39. The van der Waals surface area contributed by atoms with Crippen molar-refractivity contribution in [3.8, 4) is 0 Å². The number of likely N-dealkylation sites (tertiary alicyclic amines) is 1. The number of carbonyl (C=O) groups excluding carboxylic acids is 2. The minimum absolute atomic E-state index is 0.0148. The minimum Gasteiger partial charge on any atom is -0.280 e. The fourth-order valence-electron chi connectivity index (χ4n) is 3.24. The van der Waals surface area contributed by atoms with Crippen molar-refractivity contribution in [3.63, 3.8) is 0 Å². The summed E-state index contributed by atoms with van der Waals surface area (Å²) in [4.78, 5) is 25.5. The molecule has 1 aliphatic heterocycles. The molecule has 2 aliphatic rings. The SMILES string of the molecule is CC(C)N1C(=O)CC2(CCCCC2)CC1=O.